The molecule has 0 aliphatic rings. The molecule has 5 heteroatoms. The molecular weight excluding hydrogens is 322 g/mol. The Labute approximate surface area is 157 Å². The lowest BCUT2D eigenvalue weighted by Gasteiger charge is -2.13. The number of guanidine groups is 1. The fourth-order valence-electron chi connectivity index (χ4n) is 2.84. The van der Waals surface area contributed by atoms with Crippen LogP contribution in [0.25, 0.3) is 0 Å². The minimum absolute atomic E-state index is 0.556. The number of aliphatic imine (C=N–C) groups is 1. The van der Waals surface area contributed by atoms with Gasteiger partial charge < -0.3 is 15.5 Å². The lowest BCUT2D eigenvalue weighted by molar-refractivity contribution is 0.795. The Bertz CT molecular complexity index is 717. The standard InChI is InChI=1S/C21H31N5/c1-6-22-21(23-11-10-18-13-16(2)12-17(3)14-18)24-15-19-8-7-9-20(25-19)26(4)5/h7-9,12-14H,6,10-11,15H2,1-5H3,(H2,22,23,24). The monoisotopic (exact) mass is 353 g/mol. The zero-order chi connectivity index (χ0) is 18.9. The van der Waals surface area contributed by atoms with Gasteiger partial charge in [-0.3, -0.25) is 0 Å². The van der Waals surface area contributed by atoms with Crippen LogP contribution >= 0.6 is 0 Å². The van der Waals surface area contributed by atoms with Gasteiger partial charge in [0.05, 0.1) is 12.2 Å². The van der Waals surface area contributed by atoms with E-state index >= 15 is 0 Å². The fraction of sp³-hybridized carbons (Fsp3) is 0.429. The number of nitrogens with one attached hydrogen (secondary N) is 2. The lowest BCUT2D eigenvalue weighted by atomic mass is 10.1. The Morgan fingerprint density at radius 2 is 1.81 bits per heavy atom. The zero-order valence-electron chi connectivity index (χ0n) is 16.6. The third-order valence-corrected chi connectivity index (χ3v) is 3.98. The minimum atomic E-state index is 0.556. The molecule has 0 aliphatic heterocycles. The number of pyridine rings is 1. The average molecular weight is 354 g/mol. The second kappa shape index (κ2) is 9.80. The average Bonchev–Trinajstić information content (AvgIpc) is 2.59. The first-order valence-electron chi connectivity index (χ1n) is 9.20. The van der Waals surface area contributed by atoms with Crippen LogP contribution in [0.2, 0.25) is 0 Å². The summed E-state index contributed by atoms with van der Waals surface area (Å²) < 4.78 is 0. The first kappa shape index (κ1) is 19.8. The van der Waals surface area contributed by atoms with E-state index in [4.69, 9.17) is 0 Å². The first-order valence-corrected chi connectivity index (χ1v) is 9.20. The van der Waals surface area contributed by atoms with Gasteiger partial charge in [0.1, 0.15) is 5.82 Å². The summed E-state index contributed by atoms with van der Waals surface area (Å²) in [6.45, 7) is 8.60. The van der Waals surface area contributed by atoms with Crippen molar-refractivity contribution in [2.75, 3.05) is 32.1 Å². The lowest BCUT2D eigenvalue weighted by Crippen LogP contribution is -2.38. The van der Waals surface area contributed by atoms with Gasteiger partial charge in [-0.15, -0.1) is 0 Å². The van der Waals surface area contributed by atoms with Crippen molar-refractivity contribution in [1.29, 1.82) is 0 Å². The Morgan fingerprint density at radius 1 is 1.08 bits per heavy atom. The summed E-state index contributed by atoms with van der Waals surface area (Å²) in [7, 11) is 3.99. The molecule has 0 fully saturated rings. The van der Waals surface area contributed by atoms with Crippen LogP contribution in [0.1, 0.15) is 29.3 Å². The summed E-state index contributed by atoms with van der Waals surface area (Å²) in [5, 5.41) is 6.72. The summed E-state index contributed by atoms with van der Waals surface area (Å²) in [6.07, 6.45) is 0.974. The fourth-order valence-corrected chi connectivity index (χ4v) is 2.84. The Kier molecular flexibility index (Phi) is 7.45. The summed E-state index contributed by atoms with van der Waals surface area (Å²) >= 11 is 0. The zero-order valence-corrected chi connectivity index (χ0v) is 16.6. The summed E-state index contributed by atoms with van der Waals surface area (Å²) in [4.78, 5) is 11.3. The van der Waals surface area contributed by atoms with Gasteiger partial charge in [-0.05, 0) is 44.9 Å². The second-order valence-electron chi connectivity index (χ2n) is 6.75. The van der Waals surface area contributed by atoms with Crippen molar-refractivity contribution in [3.63, 3.8) is 0 Å². The molecule has 0 spiro atoms. The number of aromatic nitrogens is 1. The van der Waals surface area contributed by atoms with Crippen molar-refractivity contribution in [3.05, 3.63) is 58.8 Å². The Morgan fingerprint density at radius 3 is 2.46 bits per heavy atom. The molecule has 2 N–H and O–H groups in total. The van der Waals surface area contributed by atoms with E-state index in [1.54, 1.807) is 0 Å². The van der Waals surface area contributed by atoms with Crippen molar-refractivity contribution in [3.8, 4) is 0 Å². The predicted molar refractivity (Wildman–Crippen MR) is 111 cm³/mol. The van der Waals surface area contributed by atoms with E-state index in [9.17, 15) is 0 Å². The maximum atomic E-state index is 4.66. The molecule has 140 valence electrons. The van der Waals surface area contributed by atoms with Crippen LogP contribution < -0.4 is 15.5 Å². The molecular formula is C21H31N5. The first-order chi connectivity index (χ1) is 12.5. The van der Waals surface area contributed by atoms with Crippen LogP contribution in [-0.2, 0) is 13.0 Å². The second-order valence-corrected chi connectivity index (χ2v) is 6.75. The smallest absolute Gasteiger partial charge is 0.191 e. The van der Waals surface area contributed by atoms with Gasteiger partial charge in [-0.25, -0.2) is 9.98 Å². The van der Waals surface area contributed by atoms with E-state index in [0.717, 1.165) is 37.0 Å². The van der Waals surface area contributed by atoms with Crippen LogP contribution in [0, 0.1) is 13.8 Å². The SMILES string of the molecule is CCNC(=NCc1cccc(N(C)C)n1)NCCc1cc(C)cc(C)c1. The van der Waals surface area contributed by atoms with E-state index in [1.807, 2.05) is 37.2 Å². The molecule has 0 saturated carbocycles. The van der Waals surface area contributed by atoms with Crippen LogP contribution in [-0.4, -0.2) is 38.1 Å². The molecule has 1 aromatic carbocycles. The third kappa shape index (κ3) is 6.39. The van der Waals surface area contributed by atoms with Crippen LogP contribution in [0.5, 0.6) is 0 Å². The van der Waals surface area contributed by atoms with Crippen molar-refractivity contribution < 1.29 is 0 Å². The quantitative estimate of drug-likeness (QED) is 0.593. The topological polar surface area (TPSA) is 52.6 Å². The highest BCUT2D eigenvalue weighted by atomic mass is 15.2. The number of anilines is 1. The number of rotatable bonds is 7. The van der Waals surface area contributed by atoms with Gasteiger partial charge in [0.15, 0.2) is 5.96 Å². The van der Waals surface area contributed by atoms with Crippen LogP contribution in [0.3, 0.4) is 0 Å². The molecule has 0 bridgehead atoms. The molecule has 1 aromatic heterocycles. The van der Waals surface area contributed by atoms with Gasteiger partial charge in [0.2, 0.25) is 0 Å². The number of hydrogen-bond donors (Lipinski definition) is 2. The van der Waals surface area contributed by atoms with Crippen LogP contribution in [0.4, 0.5) is 5.82 Å². The molecule has 2 rings (SSSR count). The van der Waals surface area contributed by atoms with E-state index in [2.05, 4.69) is 59.6 Å². The molecule has 0 unspecified atom stereocenters. The third-order valence-electron chi connectivity index (χ3n) is 3.98. The summed E-state index contributed by atoms with van der Waals surface area (Å²) in [5.41, 5.74) is 4.94. The van der Waals surface area contributed by atoms with Crippen molar-refractivity contribution >= 4 is 11.8 Å². The molecule has 0 saturated heterocycles. The molecule has 0 atom stereocenters. The molecule has 1 heterocycles. The maximum Gasteiger partial charge on any atom is 0.191 e. The van der Waals surface area contributed by atoms with E-state index < -0.39 is 0 Å². The van der Waals surface area contributed by atoms with Gasteiger partial charge in [0.25, 0.3) is 0 Å². The molecule has 2 aromatic rings. The highest BCUT2D eigenvalue weighted by Crippen LogP contribution is 2.10. The summed E-state index contributed by atoms with van der Waals surface area (Å²) in [6, 6.07) is 12.7. The number of benzene rings is 1. The van der Waals surface area contributed by atoms with Gasteiger partial charge in [0, 0.05) is 27.2 Å². The van der Waals surface area contributed by atoms with E-state index in [0.29, 0.717) is 6.54 Å². The van der Waals surface area contributed by atoms with Crippen molar-refractivity contribution in [2.24, 2.45) is 4.99 Å². The maximum absolute atomic E-state index is 4.66. The van der Waals surface area contributed by atoms with E-state index in [-0.39, 0.29) is 0 Å². The minimum Gasteiger partial charge on any atom is -0.363 e. The molecule has 26 heavy (non-hydrogen) atoms. The molecule has 0 aliphatic carbocycles. The molecule has 5 nitrogen and oxygen atoms in total. The normalized spacial score (nSPS) is 11.3. The number of hydrogen-bond acceptors (Lipinski definition) is 3. The number of nitrogens with zero attached hydrogens (tertiary/aromatic N) is 3. The van der Waals surface area contributed by atoms with Crippen LogP contribution in [0.15, 0.2) is 41.4 Å². The predicted octanol–water partition coefficient (Wildman–Crippen LogP) is 3.06. The van der Waals surface area contributed by atoms with Crippen molar-refractivity contribution in [2.45, 2.75) is 33.7 Å². The van der Waals surface area contributed by atoms with Gasteiger partial charge in [-0.1, -0.05) is 35.4 Å². The van der Waals surface area contributed by atoms with Gasteiger partial charge >= 0.3 is 0 Å². The largest absolute Gasteiger partial charge is 0.363 e. The molecule has 0 amide bonds. The number of aryl methyl sites for hydroxylation is 2. The Hall–Kier alpha value is -2.56. The summed E-state index contributed by atoms with van der Waals surface area (Å²) in [5.74, 6) is 1.78. The van der Waals surface area contributed by atoms with Crippen molar-refractivity contribution in [1.82, 2.24) is 15.6 Å². The Balaban J connectivity index is 1.94. The van der Waals surface area contributed by atoms with E-state index in [1.165, 1.54) is 16.7 Å². The highest BCUT2D eigenvalue weighted by molar-refractivity contribution is 5.79. The van der Waals surface area contributed by atoms with Gasteiger partial charge in [-0.2, -0.15) is 0 Å². The molecule has 0 radical (unpaired) electrons. The highest BCUT2D eigenvalue weighted by Gasteiger charge is 2.02.